The predicted molar refractivity (Wildman–Crippen MR) is 92.1 cm³/mol. The highest BCUT2D eigenvalue weighted by Crippen LogP contribution is 2.22. The Kier molecular flexibility index (Phi) is 7.69. The molecule has 6 heteroatoms. The van der Waals surface area contributed by atoms with Gasteiger partial charge >= 0.3 is 6.18 Å². The van der Waals surface area contributed by atoms with E-state index in [0.717, 1.165) is 51.0 Å². The second-order valence-corrected chi connectivity index (χ2v) is 7.15. The number of rotatable bonds is 8. The van der Waals surface area contributed by atoms with E-state index in [0.29, 0.717) is 12.5 Å². The van der Waals surface area contributed by atoms with Crippen LogP contribution in [0.4, 0.5) is 17.6 Å². The maximum atomic E-state index is 13.2. The van der Waals surface area contributed by atoms with Crippen LogP contribution in [-0.4, -0.2) is 55.7 Å². The maximum absolute atomic E-state index is 13.2. The summed E-state index contributed by atoms with van der Waals surface area (Å²) in [5, 5.41) is 0. The zero-order valence-corrected chi connectivity index (χ0v) is 14.9. The molecule has 0 atom stereocenters. The molecule has 1 aromatic carbocycles. The Morgan fingerprint density at radius 1 is 1.20 bits per heavy atom. The topological polar surface area (TPSA) is 6.48 Å². The molecule has 0 bridgehead atoms. The van der Waals surface area contributed by atoms with Gasteiger partial charge in [0.1, 0.15) is 5.82 Å². The molecular weight excluding hydrogens is 332 g/mol. The van der Waals surface area contributed by atoms with Gasteiger partial charge in [-0.2, -0.15) is 13.2 Å². The van der Waals surface area contributed by atoms with Crippen LogP contribution in [0.15, 0.2) is 24.3 Å². The van der Waals surface area contributed by atoms with Crippen molar-refractivity contribution in [2.75, 3.05) is 39.8 Å². The van der Waals surface area contributed by atoms with Crippen LogP contribution in [0.5, 0.6) is 0 Å². The third-order valence-electron chi connectivity index (χ3n) is 4.88. The third-order valence-corrected chi connectivity index (χ3v) is 4.88. The summed E-state index contributed by atoms with van der Waals surface area (Å²) in [5.74, 6) is 0.367. The number of hydrogen-bond acceptors (Lipinski definition) is 2. The fourth-order valence-corrected chi connectivity index (χ4v) is 3.45. The van der Waals surface area contributed by atoms with Crippen molar-refractivity contribution < 1.29 is 17.6 Å². The SMILES string of the molecule is CN(CCCC(F)(F)F)CC1CCN(CCc2cccc(F)c2)CC1. The molecule has 0 amide bonds. The van der Waals surface area contributed by atoms with Crippen LogP contribution in [0.25, 0.3) is 0 Å². The molecule has 1 fully saturated rings. The first kappa shape index (κ1) is 20.2. The van der Waals surface area contributed by atoms with E-state index in [1.807, 2.05) is 18.0 Å². The van der Waals surface area contributed by atoms with Crippen molar-refractivity contribution >= 4 is 0 Å². The first-order valence-electron chi connectivity index (χ1n) is 9.04. The van der Waals surface area contributed by atoms with Crippen LogP contribution < -0.4 is 0 Å². The molecule has 2 nitrogen and oxygen atoms in total. The van der Waals surface area contributed by atoms with Crippen LogP contribution in [-0.2, 0) is 6.42 Å². The molecule has 0 unspecified atom stereocenters. The van der Waals surface area contributed by atoms with Gasteiger partial charge in [-0.25, -0.2) is 4.39 Å². The van der Waals surface area contributed by atoms with Gasteiger partial charge in [0.05, 0.1) is 0 Å². The van der Waals surface area contributed by atoms with Crippen molar-refractivity contribution in [3.8, 4) is 0 Å². The summed E-state index contributed by atoms with van der Waals surface area (Å²) in [4.78, 5) is 4.42. The minimum Gasteiger partial charge on any atom is -0.306 e. The van der Waals surface area contributed by atoms with Crippen molar-refractivity contribution in [3.05, 3.63) is 35.6 Å². The lowest BCUT2D eigenvalue weighted by Crippen LogP contribution is -2.39. The van der Waals surface area contributed by atoms with Crippen molar-refractivity contribution in [2.45, 2.75) is 38.3 Å². The molecule has 0 spiro atoms. The zero-order valence-electron chi connectivity index (χ0n) is 14.9. The third kappa shape index (κ3) is 8.19. The first-order valence-corrected chi connectivity index (χ1v) is 9.04. The number of likely N-dealkylation sites (tertiary alicyclic amines) is 1. The molecular formula is C19H28F4N2. The van der Waals surface area contributed by atoms with Crippen LogP contribution >= 0.6 is 0 Å². The van der Waals surface area contributed by atoms with Crippen molar-refractivity contribution in [2.24, 2.45) is 5.92 Å². The lowest BCUT2D eigenvalue weighted by atomic mass is 9.96. The van der Waals surface area contributed by atoms with E-state index in [1.54, 1.807) is 12.1 Å². The summed E-state index contributed by atoms with van der Waals surface area (Å²) in [5.41, 5.74) is 1.02. The van der Waals surface area contributed by atoms with E-state index in [9.17, 15) is 17.6 Å². The van der Waals surface area contributed by atoms with E-state index < -0.39 is 12.6 Å². The zero-order chi connectivity index (χ0) is 18.3. The van der Waals surface area contributed by atoms with Gasteiger partial charge < -0.3 is 9.80 Å². The van der Waals surface area contributed by atoms with E-state index in [1.165, 1.54) is 6.07 Å². The fourth-order valence-electron chi connectivity index (χ4n) is 3.45. The molecule has 0 aromatic heterocycles. The average molecular weight is 360 g/mol. The molecule has 1 aromatic rings. The average Bonchev–Trinajstić information content (AvgIpc) is 2.53. The number of halogens is 4. The van der Waals surface area contributed by atoms with E-state index in [4.69, 9.17) is 0 Å². The monoisotopic (exact) mass is 360 g/mol. The first-order chi connectivity index (χ1) is 11.8. The maximum Gasteiger partial charge on any atom is 0.389 e. The normalized spacial score (nSPS) is 17.4. The van der Waals surface area contributed by atoms with Crippen LogP contribution in [0.2, 0.25) is 0 Å². The largest absolute Gasteiger partial charge is 0.389 e. The number of nitrogens with zero attached hydrogens (tertiary/aromatic N) is 2. The summed E-state index contributed by atoms with van der Waals surface area (Å²) in [7, 11) is 1.91. The van der Waals surface area contributed by atoms with Gasteiger partial charge in [-0.05, 0) is 76.0 Å². The van der Waals surface area contributed by atoms with Crippen LogP contribution in [0, 0.1) is 11.7 Å². The Morgan fingerprint density at radius 2 is 1.92 bits per heavy atom. The van der Waals surface area contributed by atoms with Gasteiger partial charge in [0.15, 0.2) is 0 Å². The summed E-state index contributed by atoms with van der Waals surface area (Å²) >= 11 is 0. The summed E-state index contributed by atoms with van der Waals surface area (Å²) in [6.45, 7) is 4.32. The molecule has 1 heterocycles. The van der Waals surface area contributed by atoms with Crippen molar-refractivity contribution in [3.63, 3.8) is 0 Å². The van der Waals surface area contributed by atoms with E-state index in [-0.39, 0.29) is 12.2 Å². The van der Waals surface area contributed by atoms with Gasteiger partial charge in [-0.1, -0.05) is 12.1 Å². The molecule has 142 valence electrons. The number of alkyl halides is 3. The van der Waals surface area contributed by atoms with Gasteiger partial charge in [0.25, 0.3) is 0 Å². The Morgan fingerprint density at radius 3 is 2.56 bits per heavy atom. The minimum absolute atomic E-state index is 0.173. The van der Waals surface area contributed by atoms with Crippen LogP contribution in [0.1, 0.15) is 31.2 Å². The molecule has 1 saturated heterocycles. The molecule has 1 aliphatic heterocycles. The molecule has 1 aliphatic rings. The highest BCUT2D eigenvalue weighted by molar-refractivity contribution is 5.16. The summed E-state index contributed by atoms with van der Waals surface area (Å²) < 4.78 is 49.7. The van der Waals surface area contributed by atoms with Crippen LogP contribution in [0.3, 0.4) is 0 Å². The van der Waals surface area contributed by atoms with Gasteiger partial charge in [-0.3, -0.25) is 0 Å². The minimum atomic E-state index is -4.05. The highest BCUT2D eigenvalue weighted by Gasteiger charge is 2.26. The Balaban J connectivity index is 1.61. The molecule has 0 radical (unpaired) electrons. The van der Waals surface area contributed by atoms with E-state index >= 15 is 0 Å². The molecule has 0 aliphatic carbocycles. The van der Waals surface area contributed by atoms with Crippen molar-refractivity contribution in [1.82, 2.24) is 9.80 Å². The van der Waals surface area contributed by atoms with Gasteiger partial charge in [0, 0.05) is 19.5 Å². The number of hydrogen-bond donors (Lipinski definition) is 0. The molecule has 25 heavy (non-hydrogen) atoms. The second-order valence-electron chi connectivity index (χ2n) is 7.15. The lowest BCUT2D eigenvalue weighted by molar-refractivity contribution is -0.136. The standard InChI is InChI=1S/C19H28F4N2/c1-24(10-3-9-19(21,22)23)15-17-7-12-25(13-8-17)11-6-16-4-2-5-18(20)14-16/h2,4-5,14,17H,3,6-13,15H2,1H3. The lowest BCUT2D eigenvalue weighted by Gasteiger charge is -2.34. The van der Waals surface area contributed by atoms with E-state index in [2.05, 4.69) is 4.90 Å². The smallest absolute Gasteiger partial charge is 0.306 e. The number of piperidine rings is 1. The Hall–Kier alpha value is -1.14. The highest BCUT2D eigenvalue weighted by atomic mass is 19.4. The van der Waals surface area contributed by atoms with Crippen molar-refractivity contribution in [1.29, 1.82) is 0 Å². The molecule has 0 N–H and O–H groups in total. The molecule has 2 rings (SSSR count). The Labute approximate surface area is 147 Å². The summed E-state index contributed by atoms with van der Waals surface area (Å²) in [6.07, 6.45) is -1.57. The quantitative estimate of drug-likeness (QED) is 0.636. The van der Waals surface area contributed by atoms with Gasteiger partial charge in [0.2, 0.25) is 0 Å². The fraction of sp³-hybridized carbons (Fsp3) is 0.684. The number of benzene rings is 1. The van der Waals surface area contributed by atoms with Gasteiger partial charge in [-0.15, -0.1) is 0 Å². The molecule has 0 saturated carbocycles. The Bertz CT molecular complexity index is 510. The summed E-state index contributed by atoms with van der Waals surface area (Å²) in [6, 6.07) is 6.74. The predicted octanol–water partition coefficient (Wildman–Crippen LogP) is 4.35. The second kappa shape index (κ2) is 9.53.